The zero-order chi connectivity index (χ0) is 11.2. The Hall–Kier alpha value is -0.420. The largest absolute Gasteiger partial charge is 0.378 e. The van der Waals surface area contributed by atoms with Gasteiger partial charge in [0.05, 0.1) is 13.2 Å². The summed E-state index contributed by atoms with van der Waals surface area (Å²) < 4.78 is 5.29. The highest BCUT2D eigenvalue weighted by molar-refractivity contribution is 7.99. The lowest BCUT2D eigenvalue weighted by atomic mass is 10.0. The van der Waals surface area contributed by atoms with Crippen molar-refractivity contribution < 1.29 is 4.74 Å². The van der Waals surface area contributed by atoms with E-state index in [1.54, 1.807) is 0 Å². The Morgan fingerprint density at radius 1 is 1.31 bits per heavy atom. The zero-order valence-electron chi connectivity index (χ0n) is 9.73. The minimum Gasteiger partial charge on any atom is -0.378 e. The van der Waals surface area contributed by atoms with E-state index in [1.807, 2.05) is 0 Å². The predicted molar refractivity (Wildman–Crippen MR) is 68.9 cm³/mol. The second kappa shape index (κ2) is 6.35. The number of nitrogens with two attached hydrogens (primary N) is 1. The summed E-state index contributed by atoms with van der Waals surface area (Å²) in [5.74, 6) is 4.04. The highest BCUT2D eigenvalue weighted by Crippen LogP contribution is 2.22. The van der Waals surface area contributed by atoms with Crippen LogP contribution in [0.25, 0.3) is 0 Å². The van der Waals surface area contributed by atoms with E-state index in [-0.39, 0.29) is 0 Å². The van der Waals surface area contributed by atoms with Gasteiger partial charge in [-0.1, -0.05) is 0 Å². The first-order valence-corrected chi connectivity index (χ1v) is 7.22. The molecule has 2 fully saturated rings. The van der Waals surface area contributed by atoms with E-state index in [1.165, 1.54) is 24.3 Å². The van der Waals surface area contributed by atoms with Crippen LogP contribution in [-0.4, -0.2) is 55.2 Å². The van der Waals surface area contributed by atoms with E-state index < -0.39 is 0 Å². The number of hydrogen-bond acceptors (Lipinski definition) is 3. The highest BCUT2D eigenvalue weighted by Gasteiger charge is 2.15. The molecule has 0 radical (unpaired) electrons. The van der Waals surface area contributed by atoms with Crippen LogP contribution < -0.4 is 5.73 Å². The molecule has 0 saturated carbocycles. The van der Waals surface area contributed by atoms with Crippen LogP contribution in [0.15, 0.2) is 4.99 Å². The molecule has 0 amide bonds. The lowest BCUT2D eigenvalue weighted by molar-refractivity contribution is 0.0674. The van der Waals surface area contributed by atoms with Crippen LogP contribution in [0.4, 0.5) is 0 Å². The minimum atomic E-state index is 0.710. The molecule has 16 heavy (non-hydrogen) atoms. The Morgan fingerprint density at radius 2 is 2.00 bits per heavy atom. The van der Waals surface area contributed by atoms with Gasteiger partial charge < -0.3 is 15.4 Å². The molecular formula is C11H21N3OS. The van der Waals surface area contributed by atoms with Crippen LogP contribution in [0.3, 0.4) is 0 Å². The number of thioether (sulfide) groups is 1. The van der Waals surface area contributed by atoms with Gasteiger partial charge in [-0.15, -0.1) is 0 Å². The van der Waals surface area contributed by atoms with Crippen molar-refractivity contribution >= 4 is 17.7 Å². The van der Waals surface area contributed by atoms with Crippen molar-refractivity contribution in [1.82, 2.24) is 4.90 Å². The number of nitrogens with zero attached hydrogens (tertiary/aromatic N) is 2. The Kier molecular flexibility index (Phi) is 4.78. The van der Waals surface area contributed by atoms with E-state index in [0.717, 1.165) is 38.8 Å². The summed E-state index contributed by atoms with van der Waals surface area (Å²) in [4.78, 5) is 6.65. The fourth-order valence-corrected chi connectivity index (χ4v) is 3.25. The molecule has 0 aromatic carbocycles. The van der Waals surface area contributed by atoms with E-state index in [0.29, 0.717) is 5.96 Å². The van der Waals surface area contributed by atoms with Crippen molar-refractivity contribution in [2.24, 2.45) is 16.6 Å². The summed E-state index contributed by atoms with van der Waals surface area (Å²) in [5.41, 5.74) is 5.98. The molecular weight excluding hydrogens is 222 g/mol. The normalized spacial score (nSPS) is 24.8. The molecule has 2 aliphatic heterocycles. The number of aliphatic imine (C=N–C) groups is 1. The monoisotopic (exact) mass is 243 g/mol. The molecule has 2 aliphatic rings. The third-order valence-corrected chi connectivity index (χ3v) is 4.24. The lowest BCUT2D eigenvalue weighted by Crippen LogP contribution is -2.45. The third kappa shape index (κ3) is 3.56. The summed E-state index contributed by atoms with van der Waals surface area (Å²) in [6, 6.07) is 0. The van der Waals surface area contributed by atoms with Gasteiger partial charge in [0.25, 0.3) is 0 Å². The Bertz CT molecular complexity index is 235. The maximum atomic E-state index is 5.98. The van der Waals surface area contributed by atoms with E-state index >= 15 is 0 Å². The number of guanidine groups is 1. The van der Waals surface area contributed by atoms with Gasteiger partial charge in [0.1, 0.15) is 0 Å². The van der Waals surface area contributed by atoms with E-state index in [9.17, 15) is 0 Å². The molecule has 0 unspecified atom stereocenters. The molecule has 0 aliphatic carbocycles. The van der Waals surface area contributed by atoms with Crippen LogP contribution in [-0.2, 0) is 4.74 Å². The Balaban J connectivity index is 1.76. The maximum Gasteiger partial charge on any atom is 0.191 e. The van der Waals surface area contributed by atoms with Crippen molar-refractivity contribution in [3.63, 3.8) is 0 Å². The van der Waals surface area contributed by atoms with Crippen LogP contribution in [0, 0.1) is 5.92 Å². The van der Waals surface area contributed by atoms with Crippen molar-refractivity contribution in [3.8, 4) is 0 Å². The summed E-state index contributed by atoms with van der Waals surface area (Å²) in [5, 5.41) is 0. The first kappa shape index (κ1) is 12.0. The van der Waals surface area contributed by atoms with Crippen LogP contribution >= 0.6 is 11.8 Å². The second-order valence-electron chi connectivity index (χ2n) is 4.35. The average molecular weight is 243 g/mol. The van der Waals surface area contributed by atoms with Gasteiger partial charge in [-0.25, -0.2) is 0 Å². The van der Waals surface area contributed by atoms with Crippen molar-refractivity contribution in [3.05, 3.63) is 0 Å². The number of morpholine rings is 1. The highest BCUT2D eigenvalue weighted by atomic mass is 32.2. The first-order chi connectivity index (χ1) is 7.86. The number of rotatable bonds is 2. The van der Waals surface area contributed by atoms with E-state index in [2.05, 4.69) is 21.7 Å². The van der Waals surface area contributed by atoms with Gasteiger partial charge in [-0.3, -0.25) is 4.99 Å². The molecule has 5 heteroatoms. The molecule has 92 valence electrons. The molecule has 2 heterocycles. The first-order valence-electron chi connectivity index (χ1n) is 6.06. The number of ether oxygens (including phenoxy) is 1. The maximum absolute atomic E-state index is 5.98. The summed E-state index contributed by atoms with van der Waals surface area (Å²) in [6.07, 6.45) is 2.59. The van der Waals surface area contributed by atoms with Gasteiger partial charge in [0.2, 0.25) is 0 Å². The average Bonchev–Trinajstić information content (AvgIpc) is 2.38. The molecule has 0 bridgehead atoms. The molecule has 0 spiro atoms. The molecule has 0 aromatic heterocycles. The van der Waals surface area contributed by atoms with Crippen LogP contribution in [0.5, 0.6) is 0 Å². The third-order valence-electron chi connectivity index (χ3n) is 3.19. The predicted octanol–water partition coefficient (Wildman–Crippen LogP) is 0.776. The standard InChI is InChI=1S/C11H21N3OS/c12-11(14-3-5-15-6-4-14)13-9-10-1-7-16-8-2-10/h10H,1-9H2,(H2,12,13). The Morgan fingerprint density at radius 3 is 2.69 bits per heavy atom. The van der Waals surface area contributed by atoms with Crippen molar-refractivity contribution in [1.29, 1.82) is 0 Å². The quantitative estimate of drug-likeness (QED) is 0.575. The molecule has 0 aromatic rings. The second-order valence-corrected chi connectivity index (χ2v) is 5.58. The summed E-state index contributed by atoms with van der Waals surface area (Å²) in [7, 11) is 0. The van der Waals surface area contributed by atoms with Gasteiger partial charge in [-0.05, 0) is 30.3 Å². The summed E-state index contributed by atoms with van der Waals surface area (Å²) >= 11 is 2.05. The van der Waals surface area contributed by atoms with Crippen LogP contribution in [0.1, 0.15) is 12.8 Å². The fraction of sp³-hybridized carbons (Fsp3) is 0.909. The summed E-state index contributed by atoms with van der Waals surface area (Å²) in [6.45, 7) is 4.22. The SMILES string of the molecule is NC(=NCC1CCSCC1)N1CCOCC1. The molecule has 0 atom stereocenters. The Labute approximate surface area is 102 Å². The van der Waals surface area contributed by atoms with Crippen molar-refractivity contribution in [2.45, 2.75) is 12.8 Å². The van der Waals surface area contributed by atoms with Crippen LogP contribution in [0.2, 0.25) is 0 Å². The topological polar surface area (TPSA) is 50.8 Å². The fourth-order valence-electron chi connectivity index (χ4n) is 2.04. The lowest BCUT2D eigenvalue weighted by Gasteiger charge is -2.28. The van der Waals surface area contributed by atoms with Gasteiger partial charge >= 0.3 is 0 Å². The van der Waals surface area contributed by atoms with Gasteiger partial charge in [-0.2, -0.15) is 11.8 Å². The van der Waals surface area contributed by atoms with Crippen molar-refractivity contribution in [2.75, 3.05) is 44.4 Å². The smallest absolute Gasteiger partial charge is 0.191 e. The molecule has 4 nitrogen and oxygen atoms in total. The molecule has 2 rings (SSSR count). The number of hydrogen-bond donors (Lipinski definition) is 1. The molecule has 2 saturated heterocycles. The van der Waals surface area contributed by atoms with E-state index in [4.69, 9.17) is 10.5 Å². The minimum absolute atomic E-state index is 0.710. The molecule has 2 N–H and O–H groups in total. The van der Waals surface area contributed by atoms with Gasteiger partial charge in [0, 0.05) is 19.6 Å². The zero-order valence-corrected chi connectivity index (χ0v) is 10.5. The van der Waals surface area contributed by atoms with Gasteiger partial charge in [0.15, 0.2) is 5.96 Å².